The zero-order valence-electron chi connectivity index (χ0n) is 24.1. The average molecular weight is 597 g/mol. The van der Waals surface area contributed by atoms with E-state index in [1.807, 2.05) is 91.0 Å². The van der Waals surface area contributed by atoms with E-state index in [9.17, 15) is 14.4 Å². The standard InChI is InChI=1S/C38H28O7/c39-36(30-16-13-24-7-1-4-10-27(24)19-30)43-22-33-35(45-38(41)32-18-15-26-9-3-6-12-29(26)21-32)34(23-42-33)44-37(40)31-17-14-25-8-2-5-11-28(25)20-31/h1-21,33-35H,22-23H2/t33-,34-,35-/m0/s1. The lowest BCUT2D eigenvalue weighted by molar-refractivity contribution is -0.0433. The summed E-state index contributed by atoms with van der Waals surface area (Å²) in [5, 5.41) is 5.67. The SMILES string of the molecule is O=C(OC[C@@H]1OC[C@H](OC(=O)c2ccc3ccccc3c2)[C@H]1OC(=O)c1ccc2ccccc2c1)c1ccc2ccccc2c1. The number of benzene rings is 6. The van der Waals surface area contributed by atoms with Gasteiger partial charge in [0, 0.05) is 0 Å². The number of esters is 3. The Labute approximate surface area is 258 Å². The summed E-state index contributed by atoms with van der Waals surface area (Å²) in [6, 6.07) is 39.0. The molecule has 6 aromatic rings. The van der Waals surface area contributed by atoms with Crippen LogP contribution in [0.2, 0.25) is 0 Å². The quantitative estimate of drug-likeness (QED) is 0.143. The summed E-state index contributed by atoms with van der Waals surface area (Å²) in [6.07, 6.45) is -2.79. The van der Waals surface area contributed by atoms with Crippen molar-refractivity contribution in [1.82, 2.24) is 0 Å². The Hall–Kier alpha value is -5.53. The molecule has 7 heteroatoms. The zero-order chi connectivity index (χ0) is 30.8. The molecule has 1 saturated heterocycles. The molecule has 3 atom stereocenters. The summed E-state index contributed by atoms with van der Waals surface area (Å²) in [5.41, 5.74) is 1.09. The van der Waals surface area contributed by atoms with E-state index in [1.165, 1.54) is 0 Å². The van der Waals surface area contributed by atoms with Gasteiger partial charge in [-0.1, -0.05) is 91.0 Å². The van der Waals surface area contributed by atoms with Crippen LogP contribution in [0.25, 0.3) is 32.3 Å². The van der Waals surface area contributed by atoms with Gasteiger partial charge in [0.05, 0.1) is 23.3 Å². The minimum atomic E-state index is -1.02. The van der Waals surface area contributed by atoms with Gasteiger partial charge in [-0.3, -0.25) is 0 Å². The highest BCUT2D eigenvalue weighted by molar-refractivity contribution is 5.97. The van der Waals surface area contributed by atoms with Crippen LogP contribution >= 0.6 is 0 Å². The third kappa shape index (κ3) is 5.98. The van der Waals surface area contributed by atoms with Crippen molar-refractivity contribution in [3.8, 4) is 0 Å². The number of carbonyl (C=O) groups is 3. The minimum Gasteiger partial charge on any atom is -0.459 e. The fourth-order valence-electron chi connectivity index (χ4n) is 5.63. The molecule has 1 heterocycles. The third-order valence-electron chi connectivity index (χ3n) is 8.04. The van der Waals surface area contributed by atoms with Crippen molar-refractivity contribution in [2.24, 2.45) is 0 Å². The smallest absolute Gasteiger partial charge is 0.338 e. The molecule has 0 unspecified atom stereocenters. The van der Waals surface area contributed by atoms with E-state index in [4.69, 9.17) is 18.9 Å². The Kier molecular flexibility index (Phi) is 7.68. The number of carbonyl (C=O) groups excluding carboxylic acids is 3. The van der Waals surface area contributed by atoms with Crippen LogP contribution in [0.4, 0.5) is 0 Å². The highest BCUT2D eigenvalue weighted by Crippen LogP contribution is 2.26. The van der Waals surface area contributed by atoms with Gasteiger partial charge in [-0.25, -0.2) is 14.4 Å². The molecule has 0 saturated carbocycles. The highest BCUT2D eigenvalue weighted by atomic mass is 16.6. The van der Waals surface area contributed by atoms with Gasteiger partial charge in [0.2, 0.25) is 0 Å². The second-order valence-corrected chi connectivity index (χ2v) is 11.0. The summed E-state index contributed by atoms with van der Waals surface area (Å²) >= 11 is 0. The van der Waals surface area contributed by atoms with Gasteiger partial charge in [-0.2, -0.15) is 0 Å². The molecule has 45 heavy (non-hydrogen) atoms. The first-order valence-electron chi connectivity index (χ1n) is 14.7. The van der Waals surface area contributed by atoms with Gasteiger partial charge in [0.15, 0.2) is 12.2 Å². The van der Waals surface area contributed by atoms with E-state index in [-0.39, 0.29) is 13.2 Å². The molecule has 1 aliphatic rings. The van der Waals surface area contributed by atoms with E-state index in [0.29, 0.717) is 16.7 Å². The predicted molar refractivity (Wildman–Crippen MR) is 170 cm³/mol. The van der Waals surface area contributed by atoms with Crippen LogP contribution in [-0.4, -0.2) is 49.4 Å². The molecule has 0 N–H and O–H groups in total. The number of hydrogen-bond donors (Lipinski definition) is 0. The van der Waals surface area contributed by atoms with Gasteiger partial charge >= 0.3 is 17.9 Å². The van der Waals surface area contributed by atoms with Crippen molar-refractivity contribution in [2.75, 3.05) is 13.2 Å². The van der Waals surface area contributed by atoms with Crippen molar-refractivity contribution in [2.45, 2.75) is 18.3 Å². The van der Waals surface area contributed by atoms with E-state index < -0.39 is 36.2 Å². The summed E-state index contributed by atoms with van der Waals surface area (Å²) < 4.78 is 23.3. The van der Waals surface area contributed by atoms with E-state index in [2.05, 4.69) is 0 Å². The Morgan fingerprint density at radius 3 is 1.44 bits per heavy atom. The van der Waals surface area contributed by atoms with Gasteiger partial charge in [0.25, 0.3) is 0 Å². The lowest BCUT2D eigenvalue weighted by Crippen LogP contribution is -2.40. The summed E-state index contributed by atoms with van der Waals surface area (Å²) in [7, 11) is 0. The van der Waals surface area contributed by atoms with Crippen LogP contribution in [-0.2, 0) is 18.9 Å². The first-order valence-corrected chi connectivity index (χ1v) is 14.7. The van der Waals surface area contributed by atoms with Gasteiger partial charge in [0.1, 0.15) is 12.7 Å². The van der Waals surface area contributed by atoms with Crippen molar-refractivity contribution >= 4 is 50.2 Å². The number of fused-ring (bicyclic) bond motifs is 3. The Balaban J connectivity index is 1.10. The first-order chi connectivity index (χ1) is 22.0. The van der Waals surface area contributed by atoms with E-state index >= 15 is 0 Å². The van der Waals surface area contributed by atoms with Crippen molar-refractivity contribution < 1.29 is 33.3 Å². The number of rotatable bonds is 7. The molecule has 7 nitrogen and oxygen atoms in total. The van der Waals surface area contributed by atoms with Crippen molar-refractivity contribution in [3.63, 3.8) is 0 Å². The monoisotopic (exact) mass is 596 g/mol. The maximum Gasteiger partial charge on any atom is 0.338 e. The summed E-state index contributed by atoms with van der Waals surface area (Å²) in [4.78, 5) is 39.6. The lowest BCUT2D eigenvalue weighted by atomic mass is 10.1. The van der Waals surface area contributed by atoms with Gasteiger partial charge < -0.3 is 18.9 Å². The molecule has 0 aliphatic carbocycles. The third-order valence-corrected chi connectivity index (χ3v) is 8.04. The molecule has 6 aromatic carbocycles. The highest BCUT2D eigenvalue weighted by Gasteiger charge is 2.44. The Morgan fingerprint density at radius 2 is 0.956 bits per heavy atom. The molecule has 0 spiro atoms. The maximum absolute atomic E-state index is 13.4. The fraction of sp³-hybridized carbons (Fsp3) is 0.132. The van der Waals surface area contributed by atoms with Crippen LogP contribution in [0, 0.1) is 0 Å². The molecule has 0 bridgehead atoms. The summed E-state index contributed by atoms with van der Waals surface area (Å²) in [5.74, 6) is -1.72. The lowest BCUT2D eigenvalue weighted by Gasteiger charge is -2.23. The zero-order valence-corrected chi connectivity index (χ0v) is 24.1. The summed E-state index contributed by atoms with van der Waals surface area (Å²) in [6.45, 7) is -0.238. The molecule has 1 aliphatic heterocycles. The van der Waals surface area contributed by atoms with E-state index in [0.717, 1.165) is 32.3 Å². The van der Waals surface area contributed by atoms with Crippen LogP contribution in [0.15, 0.2) is 127 Å². The number of hydrogen-bond acceptors (Lipinski definition) is 7. The largest absolute Gasteiger partial charge is 0.459 e. The van der Waals surface area contributed by atoms with Crippen molar-refractivity contribution in [3.05, 3.63) is 144 Å². The molecule has 222 valence electrons. The van der Waals surface area contributed by atoms with Crippen LogP contribution in [0.3, 0.4) is 0 Å². The predicted octanol–water partition coefficient (Wildman–Crippen LogP) is 7.15. The topological polar surface area (TPSA) is 88.1 Å². The van der Waals surface area contributed by atoms with Gasteiger partial charge in [-0.05, 0) is 68.7 Å². The van der Waals surface area contributed by atoms with Crippen molar-refractivity contribution in [1.29, 1.82) is 0 Å². The van der Waals surface area contributed by atoms with Crippen LogP contribution in [0.5, 0.6) is 0 Å². The molecule has 0 amide bonds. The second kappa shape index (κ2) is 12.2. The fourth-order valence-corrected chi connectivity index (χ4v) is 5.63. The average Bonchev–Trinajstić information content (AvgIpc) is 3.46. The normalized spacial score (nSPS) is 17.7. The maximum atomic E-state index is 13.4. The molecule has 0 radical (unpaired) electrons. The second-order valence-electron chi connectivity index (χ2n) is 11.0. The molecular weight excluding hydrogens is 568 g/mol. The Bertz CT molecular complexity index is 2070. The first kappa shape index (κ1) is 28.3. The molecular formula is C38H28O7. The molecule has 0 aromatic heterocycles. The molecule has 1 fully saturated rings. The van der Waals surface area contributed by atoms with E-state index in [1.54, 1.807) is 36.4 Å². The van der Waals surface area contributed by atoms with Gasteiger partial charge in [-0.15, -0.1) is 0 Å². The van der Waals surface area contributed by atoms with Crippen LogP contribution < -0.4 is 0 Å². The number of ether oxygens (including phenoxy) is 4. The van der Waals surface area contributed by atoms with Crippen LogP contribution in [0.1, 0.15) is 31.1 Å². The Morgan fingerprint density at radius 1 is 0.533 bits per heavy atom. The minimum absolute atomic E-state index is 0.0345. The molecule has 7 rings (SSSR count).